The maximum Gasteiger partial charge on any atom is 0.307 e. The third-order valence-corrected chi connectivity index (χ3v) is 5.06. The van der Waals surface area contributed by atoms with Gasteiger partial charge in [0.05, 0.1) is 6.42 Å². The molecule has 1 unspecified atom stereocenters. The molecular formula is C22H23FN2O4. The molecule has 1 fully saturated rings. The van der Waals surface area contributed by atoms with E-state index >= 15 is 0 Å². The zero-order chi connectivity index (χ0) is 21.1. The Morgan fingerprint density at radius 2 is 1.90 bits per heavy atom. The molecular weight excluding hydrogens is 375 g/mol. The second-order valence-electron chi connectivity index (χ2n) is 7.44. The van der Waals surface area contributed by atoms with Crippen molar-refractivity contribution in [2.24, 2.45) is 5.92 Å². The fraction of sp³-hybridized carbons (Fsp3) is 0.318. The lowest BCUT2D eigenvalue weighted by Gasteiger charge is -2.18. The van der Waals surface area contributed by atoms with Gasteiger partial charge in [0.25, 0.3) is 0 Å². The first-order valence-corrected chi connectivity index (χ1v) is 9.48. The van der Waals surface area contributed by atoms with Crippen molar-refractivity contribution in [3.8, 4) is 0 Å². The molecule has 2 amide bonds. The fourth-order valence-corrected chi connectivity index (χ4v) is 3.38. The van der Waals surface area contributed by atoms with Crippen LogP contribution in [0.3, 0.4) is 0 Å². The van der Waals surface area contributed by atoms with Crippen molar-refractivity contribution < 1.29 is 23.9 Å². The number of rotatable bonds is 6. The summed E-state index contributed by atoms with van der Waals surface area (Å²) in [6.07, 6.45) is -0.0676. The first kappa shape index (κ1) is 20.5. The molecule has 6 nitrogen and oxygen atoms in total. The molecule has 0 radical (unpaired) electrons. The molecule has 7 heteroatoms. The number of carboxylic acid groups (broad SMARTS) is 1. The van der Waals surface area contributed by atoms with E-state index in [1.54, 1.807) is 4.90 Å². The van der Waals surface area contributed by atoms with Crippen LogP contribution in [0.4, 0.5) is 15.8 Å². The molecule has 1 aliphatic rings. The van der Waals surface area contributed by atoms with Crippen molar-refractivity contribution in [2.45, 2.75) is 32.6 Å². The van der Waals surface area contributed by atoms with Crippen molar-refractivity contribution in [1.29, 1.82) is 0 Å². The Morgan fingerprint density at radius 3 is 2.48 bits per heavy atom. The van der Waals surface area contributed by atoms with Crippen LogP contribution in [0.2, 0.25) is 0 Å². The molecule has 0 spiro atoms. The number of carbonyl (C=O) groups is 3. The largest absolute Gasteiger partial charge is 0.481 e. The highest BCUT2D eigenvalue weighted by Gasteiger charge is 2.37. The number of hydrogen-bond acceptors (Lipinski definition) is 3. The summed E-state index contributed by atoms with van der Waals surface area (Å²) in [6.45, 7) is 4.62. The van der Waals surface area contributed by atoms with Crippen LogP contribution in [0.5, 0.6) is 0 Å². The van der Waals surface area contributed by atoms with Crippen LogP contribution < -0.4 is 10.2 Å². The van der Waals surface area contributed by atoms with Gasteiger partial charge in [-0.05, 0) is 47.7 Å². The van der Waals surface area contributed by atoms with E-state index in [2.05, 4.69) is 19.2 Å². The number of nitrogens with zero attached hydrogens (tertiary/aromatic N) is 1. The van der Waals surface area contributed by atoms with Gasteiger partial charge in [0.1, 0.15) is 11.7 Å². The molecule has 2 aromatic rings. The number of aliphatic carboxylic acids is 1. The Morgan fingerprint density at radius 1 is 1.21 bits per heavy atom. The second kappa shape index (κ2) is 8.43. The number of benzene rings is 2. The minimum Gasteiger partial charge on any atom is -0.481 e. The van der Waals surface area contributed by atoms with Crippen molar-refractivity contribution in [3.63, 3.8) is 0 Å². The van der Waals surface area contributed by atoms with Gasteiger partial charge in [0, 0.05) is 17.9 Å². The van der Waals surface area contributed by atoms with Gasteiger partial charge in [-0.25, -0.2) is 4.39 Å². The number of anilines is 2. The van der Waals surface area contributed by atoms with Crippen LogP contribution in [0.25, 0.3) is 0 Å². The van der Waals surface area contributed by atoms with E-state index in [-0.39, 0.29) is 17.2 Å². The van der Waals surface area contributed by atoms with Crippen LogP contribution >= 0.6 is 0 Å². The van der Waals surface area contributed by atoms with Crippen LogP contribution in [0, 0.1) is 11.7 Å². The SMILES string of the molecule is CC(C)c1ccc(N2CCC(C(=O)Nc3ccc(CC(=O)O)c(F)c3)C2=O)cc1. The normalized spacial score (nSPS) is 16.3. The first-order valence-electron chi connectivity index (χ1n) is 9.48. The third kappa shape index (κ3) is 4.62. The molecule has 1 heterocycles. The molecule has 3 rings (SSSR count). The summed E-state index contributed by atoms with van der Waals surface area (Å²) in [5.74, 6) is -3.10. The average molecular weight is 398 g/mol. The predicted molar refractivity (Wildman–Crippen MR) is 107 cm³/mol. The van der Waals surface area contributed by atoms with Gasteiger partial charge >= 0.3 is 5.97 Å². The summed E-state index contributed by atoms with van der Waals surface area (Å²) < 4.78 is 14.0. The quantitative estimate of drug-likeness (QED) is 0.729. The Balaban J connectivity index is 1.67. The zero-order valence-electron chi connectivity index (χ0n) is 16.3. The van der Waals surface area contributed by atoms with Gasteiger partial charge < -0.3 is 15.3 Å². The van der Waals surface area contributed by atoms with E-state index in [1.807, 2.05) is 24.3 Å². The number of carbonyl (C=O) groups excluding carboxylic acids is 2. The molecule has 1 atom stereocenters. The average Bonchev–Trinajstić information content (AvgIpc) is 3.05. The van der Waals surface area contributed by atoms with E-state index in [0.29, 0.717) is 18.9 Å². The second-order valence-corrected chi connectivity index (χ2v) is 7.44. The Hall–Kier alpha value is -3.22. The Bertz CT molecular complexity index is 940. The number of hydrogen-bond donors (Lipinski definition) is 2. The lowest BCUT2D eigenvalue weighted by Crippen LogP contribution is -2.33. The van der Waals surface area contributed by atoms with Gasteiger partial charge in [-0.15, -0.1) is 0 Å². The molecule has 0 bridgehead atoms. The van der Waals surface area contributed by atoms with Crippen molar-refractivity contribution in [3.05, 3.63) is 59.4 Å². The molecule has 2 aromatic carbocycles. The van der Waals surface area contributed by atoms with Crippen LogP contribution in [-0.2, 0) is 20.8 Å². The minimum atomic E-state index is -1.14. The van der Waals surface area contributed by atoms with Gasteiger partial charge in [0.15, 0.2) is 0 Å². The van der Waals surface area contributed by atoms with Crippen LogP contribution in [0.1, 0.15) is 37.3 Å². The number of amides is 2. The third-order valence-electron chi connectivity index (χ3n) is 5.06. The molecule has 1 aliphatic heterocycles. The summed E-state index contributed by atoms with van der Waals surface area (Å²) >= 11 is 0. The summed E-state index contributed by atoms with van der Waals surface area (Å²) in [4.78, 5) is 37.6. The topological polar surface area (TPSA) is 86.7 Å². The Labute approximate surface area is 168 Å². The number of carboxylic acids is 1. The molecule has 0 aromatic heterocycles. The summed E-state index contributed by atoms with van der Waals surface area (Å²) in [5, 5.41) is 11.3. The van der Waals surface area contributed by atoms with E-state index in [0.717, 1.165) is 11.8 Å². The predicted octanol–water partition coefficient (Wildman–Crippen LogP) is 3.57. The highest BCUT2D eigenvalue weighted by Crippen LogP contribution is 2.28. The number of halogens is 1. The van der Waals surface area contributed by atoms with Crippen LogP contribution in [-0.4, -0.2) is 29.4 Å². The molecule has 152 valence electrons. The maximum absolute atomic E-state index is 14.0. The van der Waals surface area contributed by atoms with Crippen molar-refractivity contribution >= 4 is 29.2 Å². The van der Waals surface area contributed by atoms with Gasteiger partial charge in [-0.2, -0.15) is 0 Å². The van der Waals surface area contributed by atoms with Crippen molar-refractivity contribution in [2.75, 3.05) is 16.8 Å². The van der Waals surface area contributed by atoms with E-state index in [1.165, 1.54) is 17.7 Å². The van der Waals surface area contributed by atoms with Gasteiger partial charge in [-0.1, -0.05) is 32.0 Å². The monoisotopic (exact) mass is 398 g/mol. The highest BCUT2D eigenvalue weighted by molar-refractivity contribution is 6.13. The number of nitrogens with one attached hydrogen (secondary N) is 1. The highest BCUT2D eigenvalue weighted by atomic mass is 19.1. The van der Waals surface area contributed by atoms with E-state index in [4.69, 9.17) is 5.11 Å². The molecule has 2 N–H and O–H groups in total. The van der Waals surface area contributed by atoms with Crippen LogP contribution in [0.15, 0.2) is 42.5 Å². The van der Waals surface area contributed by atoms with Gasteiger partial charge in [-0.3, -0.25) is 14.4 Å². The van der Waals surface area contributed by atoms with Gasteiger partial charge in [0.2, 0.25) is 11.8 Å². The summed E-state index contributed by atoms with van der Waals surface area (Å²) in [5.41, 5.74) is 2.14. The molecule has 1 saturated heterocycles. The smallest absolute Gasteiger partial charge is 0.307 e. The molecule has 0 saturated carbocycles. The summed E-state index contributed by atoms with van der Waals surface area (Å²) in [7, 11) is 0. The lowest BCUT2D eigenvalue weighted by molar-refractivity contribution is -0.136. The summed E-state index contributed by atoms with van der Waals surface area (Å²) in [6, 6.07) is 11.5. The minimum absolute atomic E-state index is 0.0310. The standard InChI is InChI=1S/C22H23FN2O4/c1-13(2)14-4-7-17(8-5-14)25-10-9-18(22(25)29)21(28)24-16-6-3-15(11-20(26)27)19(23)12-16/h3-8,12-13,18H,9-11H2,1-2H3,(H,24,28)(H,26,27). The lowest BCUT2D eigenvalue weighted by atomic mass is 10.0. The molecule has 0 aliphatic carbocycles. The first-order chi connectivity index (χ1) is 13.8. The molecule has 29 heavy (non-hydrogen) atoms. The maximum atomic E-state index is 14.0. The zero-order valence-corrected chi connectivity index (χ0v) is 16.3. The van der Waals surface area contributed by atoms with Crippen molar-refractivity contribution in [1.82, 2.24) is 0 Å². The fourth-order valence-electron chi connectivity index (χ4n) is 3.38. The van der Waals surface area contributed by atoms with E-state index in [9.17, 15) is 18.8 Å². The van der Waals surface area contributed by atoms with E-state index < -0.39 is 30.0 Å². The Kier molecular flexibility index (Phi) is 5.96.